The maximum absolute atomic E-state index is 10.1. The summed E-state index contributed by atoms with van der Waals surface area (Å²) >= 11 is 1.72. The highest BCUT2D eigenvalue weighted by Gasteiger charge is 2.07. The van der Waals surface area contributed by atoms with E-state index in [0.717, 1.165) is 18.5 Å². The molecule has 23 heavy (non-hydrogen) atoms. The number of methoxy groups -OCH3 is 1. The number of aliphatic hydroxyl groups excluding tert-OH is 1. The van der Waals surface area contributed by atoms with Crippen LogP contribution in [0.4, 0.5) is 0 Å². The molecule has 0 bridgehead atoms. The predicted octanol–water partition coefficient (Wildman–Crippen LogP) is 2.56. The van der Waals surface area contributed by atoms with Gasteiger partial charge in [-0.25, -0.2) is 0 Å². The summed E-state index contributed by atoms with van der Waals surface area (Å²) in [6.07, 6.45) is 0.208. The predicted molar refractivity (Wildman–Crippen MR) is 106 cm³/mol. The summed E-state index contributed by atoms with van der Waals surface area (Å²) in [7, 11) is 1.60. The number of rotatable bonds is 7. The molecule has 0 saturated heterocycles. The first-order chi connectivity index (χ1) is 10.7. The Hall–Kier alpha value is -1.32. The van der Waals surface area contributed by atoms with Gasteiger partial charge in [0, 0.05) is 11.4 Å². The number of thiophene rings is 1. The second-order valence-electron chi connectivity index (χ2n) is 4.77. The summed E-state index contributed by atoms with van der Waals surface area (Å²) in [6.45, 7) is 0.941. The van der Waals surface area contributed by atoms with Crippen LogP contribution < -0.4 is 15.8 Å². The Morgan fingerprint density at radius 1 is 1.39 bits per heavy atom. The van der Waals surface area contributed by atoms with Crippen molar-refractivity contribution in [1.29, 1.82) is 0 Å². The van der Waals surface area contributed by atoms with E-state index in [1.165, 1.54) is 4.88 Å². The summed E-state index contributed by atoms with van der Waals surface area (Å²) in [5.41, 5.74) is 6.56. The zero-order chi connectivity index (χ0) is 15.8. The molecule has 126 valence electrons. The van der Waals surface area contributed by atoms with E-state index in [-0.39, 0.29) is 30.5 Å². The molecule has 0 aliphatic carbocycles. The second kappa shape index (κ2) is 10.5. The van der Waals surface area contributed by atoms with E-state index in [1.54, 1.807) is 24.5 Å². The number of nitrogens with two attached hydrogens (primary N) is 1. The minimum atomic E-state index is -0.701. The molecule has 0 aliphatic rings. The van der Waals surface area contributed by atoms with Gasteiger partial charge in [-0.3, -0.25) is 4.99 Å². The largest absolute Gasteiger partial charge is 0.497 e. The number of halogens is 1. The summed E-state index contributed by atoms with van der Waals surface area (Å²) in [5.74, 6) is 1.06. The number of nitrogens with zero attached hydrogens (tertiary/aromatic N) is 1. The third-order valence-electron chi connectivity index (χ3n) is 3.17. The minimum Gasteiger partial charge on any atom is -0.497 e. The van der Waals surface area contributed by atoms with Crippen LogP contribution in [0, 0.1) is 0 Å². The van der Waals surface area contributed by atoms with E-state index in [2.05, 4.69) is 21.8 Å². The fourth-order valence-corrected chi connectivity index (χ4v) is 2.67. The SMILES string of the molecule is COc1cccc(C(O)CN=C(N)NCCc2cccs2)c1.I. The molecule has 2 rings (SSSR count). The number of guanidine groups is 1. The van der Waals surface area contributed by atoms with Gasteiger partial charge in [0.15, 0.2) is 5.96 Å². The first kappa shape index (κ1) is 19.7. The van der Waals surface area contributed by atoms with Gasteiger partial charge in [-0.2, -0.15) is 0 Å². The van der Waals surface area contributed by atoms with Crippen molar-refractivity contribution in [2.75, 3.05) is 20.2 Å². The molecule has 0 aliphatic heterocycles. The van der Waals surface area contributed by atoms with Gasteiger partial charge < -0.3 is 20.9 Å². The number of aliphatic imine (C=N–C) groups is 1. The third kappa shape index (κ3) is 6.76. The van der Waals surface area contributed by atoms with Crippen molar-refractivity contribution in [2.45, 2.75) is 12.5 Å². The van der Waals surface area contributed by atoms with Crippen molar-refractivity contribution in [2.24, 2.45) is 10.7 Å². The normalized spacial score (nSPS) is 12.3. The Bertz CT molecular complexity index is 605. The number of nitrogens with one attached hydrogen (secondary N) is 1. The van der Waals surface area contributed by atoms with Crippen molar-refractivity contribution in [3.05, 3.63) is 52.2 Å². The first-order valence-corrected chi connectivity index (χ1v) is 7.95. The lowest BCUT2D eigenvalue weighted by Crippen LogP contribution is -2.33. The van der Waals surface area contributed by atoms with E-state index in [4.69, 9.17) is 10.5 Å². The average molecular weight is 447 g/mol. The summed E-state index contributed by atoms with van der Waals surface area (Å²) in [6, 6.07) is 11.4. The molecule has 2 aromatic rings. The van der Waals surface area contributed by atoms with Crippen molar-refractivity contribution in [3.63, 3.8) is 0 Å². The molecular formula is C16H22IN3O2S. The van der Waals surface area contributed by atoms with Gasteiger partial charge in [0.2, 0.25) is 0 Å². The van der Waals surface area contributed by atoms with Crippen molar-refractivity contribution in [1.82, 2.24) is 5.32 Å². The molecular weight excluding hydrogens is 425 g/mol. The Morgan fingerprint density at radius 3 is 2.91 bits per heavy atom. The van der Waals surface area contributed by atoms with Gasteiger partial charge in [0.25, 0.3) is 0 Å². The minimum absolute atomic E-state index is 0. The topological polar surface area (TPSA) is 79.9 Å². The maximum atomic E-state index is 10.1. The van der Waals surface area contributed by atoms with Gasteiger partial charge in [-0.15, -0.1) is 35.3 Å². The summed E-state index contributed by atoms with van der Waals surface area (Å²) in [4.78, 5) is 5.47. The van der Waals surface area contributed by atoms with Crippen molar-refractivity contribution >= 4 is 41.3 Å². The van der Waals surface area contributed by atoms with Crippen LogP contribution in [0.2, 0.25) is 0 Å². The van der Waals surface area contributed by atoms with E-state index >= 15 is 0 Å². The van der Waals surface area contributed by atoms with Crippen LogP contribution in [0.3, 0.4) is 0 Å². The fraction of sp³-hybridized carbons (Fsp3) is 0.312. The molecule has 0 spiro atoms. The molecule has 4 N–H and O–H groups in total. The Kier molecular flexibility index (Phi) is 8.97. The third-order valence-corrected chi connectivity index (χ3v) is 4.11. The van der Waals surface area contributed by atoms with Gasteiger partial charge in [-0.05, 0) is 35.6 Å². The lowest BCUT2D eigenvalue weighted by Gasteiger charge is -2.11. The second-order valence-corrected chi connectivity index (χ2v) is 5.81. The molecule has 0 radical (unpaired) electrons. The monoisotopic (exact) mass is 447 g/mol. The zero-order valence-electron chi connectivity index (χ0n) is 12.9. The number of ether oxygens (including phenoxy) is 1. The van der Waals surface area contributed by atoms with Crippen LogP contribution in [0.15, 0.2) is 46.8 Å². The maximum Gasteiger partial charge on any atom is 0.188 e. The Morgan fingerprint density at radius 2 is 2.22 bits per heavy atom. The molecule has 1 atom stereocenters. The standard InChI is InChI=1S/C16H21N3O2S.HI/c1-21-13-5-2-4-12(10-13)15(20)11-19-16(17)18-8-7-14-6-3-9-22-14;/h2-6,9-10,15,20H,7-8,11H2,1H3,(H3,17,18,19);1H. The molecule has 1 aromatic carbocycles. The quantitative estimate of drug-likeness (QED) is 0.346. The number of aliphatic hydroxyl groups is 1. The average Bonchev–Trinajstić information content (AvgIpc) is 3.06. The summed E-state index contributed by atoms with van der Waals surface area (Å²) in [5, 5.41) is 15.2. The van der Waals surface area contributed by atoms with Crippen LogP contribution in [0.5, 0.6) is 5.75 Å². The molecule has 0 fully saturated rings. The van der Waals surface area contributed by atoms with Crippen LogP contribution in [-0.2, 0) is 6.42 Å². The Labute approximate surface area is 157 Å². The molecule has 1 aromatic heterocycles. The Balaban J connectivity index is 0.00000264. The summed E-state index contributed by atoms with van der Waals surface area (Å²) < 4.78 is 5.14. The van der Waals surface area contributed by atoms with Crippen molar-refractivity contribution < 1.29 is 9.84 Å². The molecule has 5 nitrogen and oxygen atoms in total. The lowest BCUT2D eigenvalue weighted by molar-refractivity contribution is 0.186. The van der Waals surface area contributed by atoms with E-state index in [0.29, 0.717) is 11.7 Å². The first-order valence-electron chi connectivity index (χ1n) is 7.07. The molecule has 1 heterocycles. The number of hydrogen-bond donors (Lipinski definition) is 3. The van der Waals surface area contributed by atoms with E-state index in [9.17, 15) is 5.11 Å². The van der Waals surface area contributed by atoms with Gasteiger partial charge in [0.1, 0.15) is 5.75 Å². The van der Waals surface area contributed by atoms with Gasteiger partial charge >= 0.3 is 0 Å². The molecule has 1 unspecified atom stereocenters. The lowest BCUT2D eigenvalue weighted by atomic mass is 10.1. The van der Waals surface area contributed by atoms with E-state index < -0.39 is 6.10 Å². The van der Waals surface area contributed by atoms with Crippen LogP contribution in [-0.4, -0.2) is 31.3 Å². The fourth-order valence-electron chi connectivity index (χ4n) is 1.96. The highest BCUT2D eigenvalue weighted by molar-refractivity contribution is 14.0. The van der Waals surface area contributed by atoms with E-state index in [1.807, 2.05) is 24.3 Å². The van der Waals surface area contributed by atoms with Crippen LogP contribution in [0.1, 0.15) is 16.5 Å². The molecule has 0 saturated carbocycles. The van der Waals surface area contributed by atoms with Gasteiger partial charge in [-0.1, -0.05) is 18.2 Å². The van der Waals surface area contributed by atoms with Crippen LogP contribution in [0.25, 0.3) is 0 Å². The highest BCUT2D eigenvalue weighted by Crippen LogP contribution is 2.19. The van der Waals surface area contributed by atoms with Gasteiger partial charge in [0.05, 0.1) is 19.8 Å². The van der Waals surface area contributed by atoms with Crippen LogP contribution >= 0.6 is 35.3 Å². The smallest absolute Gasteiger partial charge is 0.188 e. The molecule has 7 heteroatoms. The molecule has 0 amide bonds. The number of hydrogen-bond acceptors (Lipinski definition) is 4. The highest BCUT2D eigenvalue weighted by atomic mass is 127. The zero-order valence-corrected chi connectivity index (χ0v) is 16.1. The number of benzene rings is 1. The van der Waals surface area contributed by atoms with Crippen molar-refractivity contribution in [3.8, 4) is 5.75 Å².